The van der Waals surface area contributed by atoms with Crippen molar-refractivity contribution in [3.8, 4) is 0 Å². The molecule has 0 fully saturated rings. The number of hydrogen-bond acceptors (Lipinski definition) is 3. The Morgan fingerprint density at radius 2 is 2.00 bits per heavy atom. The average Bonchev–Trinajstić information content (AvgIpc) is 2.00. The molecule has 0 aromatic rings. The summed E-state index contributed by atoms with van der Waals surface area (Å²) < 4.78 is 0. The minimum absolute atomic E-state index is 0.314. The van der Waals surface area contributed by atoms with Gasteiger partial charge >= 0.3 is 0 Å². The van der Waals surface area contributed by atoms with Gasteiger partial charge in [0.2, 0.25) is 0 Å². The molecule has 0 aliphatic carbocycles. The molecule has 14 heavy (non-hydrogen) atoms. The Balaban J connectivity index is 3.60. The van der Waals surface area contributed by atoms with E-state index >= 15 is 0 Å². The van der Waals surface area contributed by atoms with Crippen LogP contribution in [0, 0.1) is 5.41 Å². The highest BCUT2D eigenvalue weighted by molar-refractivity contribution is 5.79. The Bertz CT molecular complexity index is 184. The van der Waals surface area contributed by atoms with Gasteiger partial charge in [0.1, 0.15) is 5.84 Å². The highest BCUT2D eigenvalue weighted by Crippen LogP contribution is 2.14. The first kappa shape index (κ1) is 13.2. The fraction of sp³-hybridized carbons (Fsp3) is 0.900. The molecule has 0 heterocycles. The van der Waals surface area contributed by atoms with Gasteiger partial charge in [-0.2, -0.15) is 0 Å². The van der Waals surface area contributed by atoms with Crippen molar-refractivity contribution in [3.05, 3.63) is 0 Å². The van der Waals surface area contributed by atoms with Crippen LogP contribution >= 0.6 is 0 Å². The summed E-state index contributed by atoms with van der Waals surface area (Å²) in [6.07, 6.45) is 1.59. The molecular weight excluding hydrogens is 178 g/mol. The van der Waals surface area contributed by atoms with Crippen LogP contribution in [-0.2, 0) is 0 Å². The maximum Gasteiger partial charge on any atom is 0.139 e. The Morgan fingerprint density at radius 3 is 2.43 bits per heavy atom. The third kappa shape index (κ3) is 7.86. The monoisotopic (exact) mass is 201 g/mol. The lowest BCUT2D eigenvalue weighted by molar-refractivity contribution is 0.226. The van der Waals surface area contributed by atoms with E-state index in [-0.39, 0.29) is 0 Å². The molecule has 0 spiro atoms. The molecule has 0 rings (SSSR count). The van der Waals surface area contributed by atoms with Crippen molar-refractivity contribution in [3.63, 3.8) is 0 Å². The van der Waals surface area contributed by atoms with Gasteiger partial charge in [-0.25, -0.2) is 0 Å². The summed E-state index contributed by atoms with van der Waals surface area (Å²) in [4.78, 5) is 2.27. The van der Waals surface area contributed by atoms with Crippen LogP contribution in [0.1, 0.15) is 33.6 Å². The lowest BCUT2D eigenvalue weighted by Gasteiger charge is -2.26. The summed E-state index contributed by atoms with van der Waals surface area (Å²) in [5, 5.41) is 11.3. The molecule has 3 N–H and O–H groups in total. The Kier molecular flexibility index (Phi) is 5.53. The molecule has 0 aliphatic heterocycles. The van der Waals surface area contributed by atoms with Crippen molar-refractivity contribution in [2.45, 2.75) is 33.6 Å². The number of nitrogens with two attached hydrogens (primary N) is 1. The van der Waals surface area contributed by atoms with E-state index in [1.165, 1.54) is 0 Å². The molecule has 0 unspecified atom stereocenters. The van der Waals surface area contributed by atoms with Crippen molar-refractivity contribution in [2.24, 2.45) is 16.3 Å². The highest BCUT2D eigenvalue weighted by Gasteiger charge is 2.12. The molecule has 84 valence electrons. The number of rotatable bonds is 5. The predicted molar refractivity (Wildman–Crippen MR) is 59.6 cm³/mol. The zero-order valence-corrected chi connectivity index (χ0v) is 9.75. The lowest BCUT2D eigenvalue weighted by Crippen LogP contribution is -2.30. The number of hydrogen-bond donors (Lipinski definition) is 2. The van der Waals surface area contributed by atoms with Gasteiger partial charge in [0.15, 0.2) is 0 Å². The van der Waals surface area contributed by atoms with Crippen LogP contribution in [0.3, 0.4) is 0 Å². The van der Waals surface area contributed by atoms with E-state index in [0.717, 1.165) is 19.5 Å². The van der Waals surface area contributed by atoms with Crippen molar-refractivity contribution >= 4 is 5.84 Å². The van der Waals surface area contributed by atoms with Crippen molar-refractivity contribution in [2.75, 3.05) is 20.1 Å². The van der Waals surface area contributed by atoms with Crippen LogP contribution in [0.4, 0.5) is 0 Å². The second kappa shape index (κ2) is 5.86. The third-order valence-corrected chi connectivity index (χ3v) is 1.85. The largest absolute Gasteiger partial charge is 0.409 e. The van der Waals surface area contributed by atoms with E-state index in [4.69, 9.17) is 10.9 Å². The van der Waals surface area contributed by atoms with Gasteiger partial charge in [0.25, 0.3) is 0 Å². The smallest absolute Gasteiger partial charge is 0.139 e. The topological polar surface area (TPSA) is 61.8 Å². The highest BCUT2D eigenvalue weighted by atomic mass is 16.4. The molecule has 0 radical (unpaired) electrons. The minimum Gasteiger partial charge on any atom is -0.409 e. The van der Waals surface area contributed by atoms with Gasteiger partial charge in [0, 0.05) is 13.0 Å². The van der Waals surface area contributed by atoms with Gasteiger partial charge in [-0.05, 0) is 25.4 Å². The van der Waals surface area contributed by atoms with Crippen LogP contribution in [-0.4, -0.2) is 36.1 Å². The van der Waals surface area contributed by atoms with Crippen molar-refractivity contribution in [1.29, 1.82) is 0 Å². The van der Waals surface area contributed by atoms with Gasteiger partial charge in [-0.15, -0.1) is 0 Å². The summed E-state index contributed by atoms with van der Waals surface area (Å²) in [6.45, 7) is 8.68. The first-order chi connectivity index (χ1) is 6.35. The number of nitrogens with zero attached hydrogens (tertiary/aromatic N) is 2. The molecule has 0 amide bonds. The van der Waals surface area contributed by atoms with E-state index in [0.29, 0.717) is 17.7 Å². The van der Waals surface area contributed by atoms with Crippen molar-refractivity contribution in [1.82, 2.24) is 4.90 Å². The molecule has 0 aliphatic rings. The Morgan fingerprint density at radius 1 is 1.43 bits per heavy atom. The van der Waals surface area contributed by atoms with Gasteiger partial charge < -0.3 is 15.8 Å². The lowest BCUT2D eigenvalue weighted by atomic mass is 9.96. The second-order valence-corrected chi connectivity index (χ2v) is 4.99. The Labute approximate surface area is 86.8 Å². The molecule has 0 atom stereocenters. The van der Waals surface area contributed by atoms with Crippen LogP contribution < -0.4 is 5.73 Å². The fourth-order valence-corrected chi connectivity index (χ4v) is 1.47. The number of amidine groups is 1. The molecule has 0 aromatic heterocycles. The van der Waals surface area contributed by atoms with E-state index in [9.17, 15) is 0 Å². The summed E-state index contributed by atoms with van der Waals surface area (Å²) in [5.74, 6) is 0.314. The normalized spacial score (nSPS) is 13.6. The molecular formula is C10H23N3O. The minimum atomic E-state index is 0.314. The van der Waals surface area contributed by atoms with Gasteiger partial charge in [-0.1, -0.05) is 25.9 Å². The van der Waals surface area contributed by atoms with Gasteiger partial charge in [0.05, 0.1) is 0 Å². The fourth-order valence-electron chi connectivity index (χ4n) is 1.47. The summed E-state index contributed by atoms with van der Waals surface area (Å²) in [6, 6.07) is 0. The summed E-state index contributed by atoms with van der Waals surface area (Å²) in [5.41, 5.74) is 5.69. The average molecular weight is 201 g/mol. The molecule has 4 heteroatoms. The SMILES string of the molecule is CN(CCCC(N)=NO)CC(C)(C)C. The first-order valence-corrected chi connectivity index (χ1v) is 5.00. The van der Waals surface area contributed by atoms with Crippen LogP contribution in [0.5, 0.6) is 0 Å². The zero-order valence-electron chi connectivity index (χ0n) is 9.75. The molecule has 0 saturated heterocycles. The van der Waals surface area contributed by atoms with E-state index < -0.39 is 0 Å². The van der Waals surface area contributed by atoms with Crippen LogP contribution in [0.2, 0.25) is 0 Å². The van der Waals surface area contributed by atoms with Gasteiger partial charge in [-0.3, -0.25) is 0 Å². The Hall–Kier alpha value is -0.770. The third-order valence-electron chi connectivity index (χ3n) is 1.85. The predicted octanol–water partition coefficient (Wildman–Crippen LogP) is 1.49. The standard InChI is InChI=1S/C10H23N3O/c1-10(2,3)8-13(4)7-5-6-9(11)12-14/h14H,5-8H2,1-4H3,(H2,11,12). The summed E-state index contributed by atoms with van der Waals surface area (Å²) >= 11 is 0. The maximum atomic E-state index is 8.34. The van der Waals surface area contributed by atoms with E-state index in [1.54, 1.807) is 0 Å². The molecule has 0 bridgehead atoms. The second-order valence-electron chi connectivity index (χ2n) is 4.99. The van der Waals surface area contributed by atoms with E-state index in [2.05, 4.69) is 37.9 Å². The van der Waals surface area contributed by atoms with Crippen LogP contribution in [0.25, 0.3) is 0 Å². The van der Waals surface area contributed by atoms with Crippen LogP contribution in [0.15, 0.2) is 5.16 Å². The van der Waals surface area contributed by atoms with Crippen molar-refractivity contribution < 1.29 is 5.21 Å². The molecule has 4 nitrogen and oxygen atoms in total. The number of oxime groups is 1. The maximum absolute atomic E-state index is 8.34. The zero-order chi connectivity index (χ0) is 11.2. The first-order valence-electron chi connectivity index (χ1n) is 5.00. The molecule has 0 saturated carbocycles. The summed E-state index contributed by atoms with van der Waals surface area (Å²) in [7, 11) is 2.09. The molecule has 0 aromatic carbocycles. The quantitative estimate of drug-likeness (QED) is 0.306. The van der Waals surface area contributed by atoms with E-state index in [1.807, 2.05) is 0 Å².